The number of hydrogen-bond acceptors (Lipinski definition) is 6. The van der Waals surface area contributed by atoms with Gasteiger partial charge in [-0.05, 0) is 43.9 Å². The van der Waals surface area contributed by atoms with E-state index in [2.05, 4.69) is 15.3 Å². The maximum Gasteiger partial charge on any atom is 0.262 e. The molecule has 1 atom stereocenters. The number of carbonyl (C=O) groups excluding carboxylic acids is 1. The van der Waals surface area contributed by atoms with E-state index in [9.17, 15) is 9.59 Å². The van der Waals surface area contributed by atoms with E-state index in [0.29, 0.717) is 16.0 Å². The minimum atomic E-state index is -0.440. The molecule has 0 spiro atoms. The number of aromatic nitrogens is 3. The minimum Gasteiger partial charge on any atom is -0.310 e. The Labute approximate surface area is 169 Å². The number of pyridine rings is 1. The Hall–Kier alpha value is -1.90. The Morgan fingerprint density at radius 3 is 2.96 bits per heavy atom. The first-order valence-corrected chi connectivity index (χ1v) is 10.6. The molecule has 27 heavy (non-hydrogen) atoms. The first kappa shape index (κ1) is 18.5. The van der Waals surface area contributed by atoms with E-state index in [0.717, 1.165) is 29.5 Å². The van der Waals surface area contributed by atoms with Gasteiger partial charge in [-0.2, -0.15) is 0 Å². The van der Waals surface area contributed by atoms with E-state index in [1.54, 1.807) is 42.0 Å². The molecule has 1 unspecified atom stereocenters. The molecule has 3 heterocycles. The van der Waals surface area contributed by atoms with E-state index in [1.807, 2.05) is 0 Å². The quantitative estimate of drug-likeness (QED) is 0.515. The standard InChI is InChI=1S/C18H17ClN4O2S2/c1-9(15(24)21-13-7-6-10(19)8-20-13)26-18-22-16-14(17(25)23(18)2)11-4-3-5-12(11)27-16/h6-9H,3-5H2,1-2H3,(H,20,21,24). The number of carbonyl (C=O) groups is 1. The van der Waals surface area contributed by atoms with Gasteiger partial charge in [0.05, 0.1) is 15.7 Å². The van der Waals surface area contributed by atoms with Crippen LogP contribution in [0.5, 0.6) is 0 Å². The third-order valence-corrected chi connectivity index (χ3v) is 7.09. The summed E-state index contributed by atoms with van der Waals surface area (Å²) in [4.78, 5) is 36.1. The van der Waals surface area contributed by atoms with Crippen LogP contribution in [0, 0.1) is 0 Å². The smallest absolute Gasteiger partial charge is 0.262 e. The van der Waals surface area contributed by atoms with Crippen molar-refractivity contribution in [2.75, 3.05) is 5.32 Å². The molecule has 0 aromatic carbocycles. The van der Waals surface area contributed by atoms with E-state index in [1.165, 1.54) is 28.4 Å². The van der Waals surface area contributed by atoms with E-state index < -0.39 is 5.25 Å². The maximum atomic E-state index is 12.8. The Morgan fingerprint density at radius 2 is 2.22 bits per heavy atom. The van der Waals surface area contributed by atoms with Crippen molar-refractivity contribution < 1.29 is 4.79 Å². The van der Waals surface area contributed by atoms with Gasteiger partial charge in [0.2, 0.25) is 5.91 Å². The number of amides is 1. The number of aryl methyl sites for hydroxylation is 2. The van der Waals surface area contributed by atoms with Crippen molar-refractivity contribution in [1.82, 2.24) is 14.5 Å². The lowest BCUT2D eigenvalue weighted by Crippen LogP contribution is -2.25. The van der Waals surface area contributed by atoms with Crippen molar-refractivity contribution >= 4 is 56.6 Å². The second kappa shape index (κ2) is 7.26. The summed E-state index contributed by atoms with van der Waals surface area (Å²) < 4.78 is 1.54. The molecule has 0 radical (unpaired) electrons. The highest BCUT2D eigenvalue weighted by molar-refractivity contribution is 8.00. The summed E-state index contributed by atoms with van der Waals surface area (Å²) in [5.41, 5.74) is 1.13. The van der Waals surface area contributed by atoms with E-state index in [-0.39, 0.29) is 11.5 Å². The summed E-state index contributed by atoms with van der Waals surface area (Å²) in [6.07, 6.45) is 4.55. The third-order valence-electron chi connectivity index (χ3n) is 4.54. The van der Waals surface area contributed by atoms with E-state index in [4.69, 9.17) is 11.6 Å². The van der Waals surface area contributed by atoms with Crippen LogP contribution in [0.3, 0.4) is 0 Å². The molecule has 1 aliphatic rings. The van der Waals surface area contributed by atoms with Gasteiger partial charge < -0.3 is 5.32 Å². The van der Waals surface area contributed by atoms with Crippen LogP contribution in [-0.2, 0) is 24.7 Å². The maximum absolute atomic E-state index is 12.8. The molecule has 140 valence electrons. The van der Waals surface area contributed by atoms with Crippen LogP contribution in [0.15, 0.2) is 28.3 Å². The van der Waals surface area contributed by atoms with Crippen LogP contribution in [0.25, 0.3) is 10.2 Å². The molecule has 0 bridgehead atoms. The highest BCUT2D eigenvalue weighted by Gasteiger charge is 2.24. The number of thioether (sulfide) groups is 1. The summed E-state index contributed by atoms with van der Waals surface area (Å²) in [5.74, 6) is 0.224. The molecule has 0 saturated carbocycles. The zero-order valence-electron chi connectivity index (χ0n) is 14.8. The molecule has 1 aliphatic carbocycles. The number of nitrogens with one attached hydrogen (secondary N) is 1. The molecular formula is C18H17ClN4O2S2. The lowest BCUT2D eigenvalue weighted by atomic mass is 10.2. The summed E-state index contributed by atoms with van der Waals surface area (Å²) in [6, 6.07) is 3.31. The Kier molecular flexibility index (Phi) is 4.96. The van der Waals surface area contributed by atoms with E-state index >= 15 is 0 Å². The number of hydrogen-bond donors (Lipinski definition) is 1. The number of fused-ring (bicyclic) bond motifs is 3. The zero-order chi connectivity index (χ0) is 19.1. The molecule has 9 heteroatoms. The SMILES string of the molecule is CC(Sc1nc2sc3c(c2c(=O)n1C)CCC3)C(=O)Nc1ccc(Cl)cn1. The largest absolute Gasteiger partial charge is 0.310 e. The number of nitrogens with zero attached hydrogens (tertiary/aromatic N) is 3. The van der Waals surface area contributed by atoms with Crippen LogP contribution in [-0.4, -0.2) is 25.7 Å². The monoisotopic (exact) mass is 420 g/mol. The average molecular weight is 421 g/mol. The van der Waals surface area contributed by atoms with Crippen molar-refractivity contribution in [3.63, 3.8) is 0 Å². The molecular weight excluding hydrogens is 404 g/mol. The minimum absolute atomic E-state index is 0.0334. The Balaban J connectivity index is 1.57. The Morgan fingerprint density at radius 1 is 1.41 bits per heavy atom. The molecule has 1 amide bonds. The van der Waals surface area contributed by atoms with Crippen molar-refractivity contribution in [3.05, 3.63) is 44.1 Å². The van der Waals surface area contributed by atoms with Gasteiger partial charge in [-0.15, -0.1) is 11.3 Å². The van der Waals surface area contributed by atoms with Crippen LogP contribution in [0.1, 0.15) is 23.8 Å². The molecule has 0 aliphatic heterocycles. The lowest BCUT2D eigenvalue weighted by molar-refractivity contribution is -0.115. The lowest BCUT2D eigenvalue weighted by Gasteiger charge is -2.13. The predicted molar refractivity (Wildman–Crippen MR) is 110 cm³/mol. The van der Waals surface area contributed by atoms with Crippen LogP contribution < -0.4 is 10.9 Å². The van der Waals surface area contributed by atoms with Gasteiger partial charge in [0.15, 0.2) is 5.16 Å². The molecule has 4 rings (SSSR count). The van der Waals surface area contributed by atoms with Gasteiger partial charge in [-0.25, -0.2) is 9.97 Å². The summed E-state index contributed by atoms with van der Waals surface area (Å²) in [6.45, 7) is 1.78. The second-order valence-corrected chi connectivity index (χ2v) is 9.24. The van der Waals surface area contributed by atoms with Gasteiger partial charge in [-0.3, -0.25) is 14.2 Å². The second-order valence-electron chi connectivity index (χ2n) is 6.41. The van der Waals surface area contributed by atoms with Crippen LogP contribution in [0.4, 0.5) is 5.82 Å². The van der Waals surface area contributed by atoms with Gasteiger partial charge in [0.1, 0.15) is 10.6 Å². The fourth-order valence-corrected chi connectivity index (χ4v) is 5.39. The molecule has 3 aromatic rings. The predicted octanol–water partition coefficient (Wildman–Crippen LogP) is 3.65. The van der Waals surface area contributed by atoms with Crippen molar-refractivity contribution in [2.45, 2.75) is 36.6 Å². The molecule has 3 aromatic heterocycles. The van der Waals surface area contributed by atoms with Crippen molar-refractivity contribution in [3.8, 4) is 0 Å². The molecule has 0 fully saturated rings. The summed E-state index contributed by atoms with van der Waals surface area (Å²) in [5, 5.41) is 4.11. The van der Waals surface area contributed by atoms with Gasteiger partial charge in [0, 0.05) is 18.1 Å². The fraction of sp³-hybridized carbons (Fsp3) is 0.333. The Bertz CT molecular complexity index is 1090. The van der Waals surface area contributed by atoms with Crippen molar-refractivity contribution in [1.29, 1.82) is 0 Å². The normalized spacial score (nSPS) is 14.3. The zero-order valence-corrected chi connectivity index (χ0v) is 17.2. The summed E-state index contributed by atoms with van der Waals surface area (Å²) >= 11 is 8.67. The van der Waals surface area contributed by atoms with Gasteiger partial charge >= 0.3 is 0 Å². The van der Waals surface area contributed by atoms with Gasteiger partial charge in [0.25, 0.3) is 5.56 Å². The average Bonchev–Trinajstić information content (AvgIpc) is 3.22. The molecule has 6 nitrogen and oxygen atoms in total. The number of anilines is 1. The third kappa shape index (κ3) is 3.49. The highest BCUT2D eigenvalue weighted by Crippen LogP contribution is 2.35. The molecule has 0 saturated heterocycles. The number of halogens is 1. The first-order valence-electron chi connectivity index (χ1n) is 8.54. The summed E-state index contributed by atoms with van der Waals surface area (Å²) in [7, 11) is 1.71. The highest BCUT2D eigenvalue weighted by atomic mass is 35.5. The van der Waals surface area contributed by atoms with Gasteiger partial charge in [-0.1, -0.05) is 23.4 Å². The van der Waals surface area contributed by atoms with Crippen LogP contribution in [0.2, 0.25) is 5.02 Å². The number of rotatable bonds is 4. The molecule has 1 N–H and O–H groups in total. The topological polar surface area (TPSA) is 76.9 Å². The first-order chi connectivity index (χ1) is 12.9. The fourth-order valence-electron chi connectivity index (χ4n) is 3.10. The van der Waals surface area contributed by atoms with Crippen LogP contribution >= 0.6 is 34.7 Å². The number of thiophene rings is 1. The van der Waals surface area contributed by atoms with Crippen molar-refractivity contribution in [2.24, 2.45) is 7.05 Å².